The molecule has 0 unspecified atom stereocenters. The third-order valence-electron chi connectivity index (χ3n) is 0.567. The molecule has 0 aromatic rings. The van der Waals surface area contributed by atoms with E-state index in [4.69, 9.17) is 0 Å². The van der Waals surface area contributed by atoms with Crippen molar-refractivity contribution in [1.29, 1.82) is 0 Å². The van der Waals surface area contributed by atoms with Gasteiger partial charge < -0.3 is 4.74 Å². The van der Waals surface area contributed by atoms with Gasteiger partial charge in [0.05, 0.1) is 13.2 Å². The van der Waals surface area contributed by atoms with Crippen molar-refractivity contribution in [3.63, 3.8) is 0 Å². The largest absolute Gasteiger partial charge is 0.465 e. The van der Waals surface area contributed by atoms with Crippen molar-refractivity contribution in [3.8, 4) is 0 Å². The molecule has 3 heteroatoms. The number of rotatable bonds is 2. The molecule has 0 aromatic heterocycles. The third kappa shape index (κ3) is 4.51. The second kappa shape index (κ2) is 4.81. The lowest BCUT2D eigenvalue weighted by Crippen LogP contribution is -1.92. The molecule has 0 N–H and O–H groups in total. The van der Waals surface area contributed by atoms with Gasteiger partial charge in [0.25, 0.3) is 0 Å². The molecule has 0 radical (unpaired) electrons. The number of ether oxygens (including phenoxy) is 1. The molecule has 0 amide bonds. The summed E-state index contributed by atoms with van der Waals surface area (Å²) in [7, 11) is 1.25. The van der Waals surface area contributed by atoms with Crippen molar-refractivity contribution in [2.75, 3.05) is 7.11 Å². The molecular formula is C6H6O3. The predicted octanol–water partition coefficient (Wildman–Crippen LogP) is 0.0696. The van der Waals surface area contributed by atoms with Gasteiger partial charge in [0.2, 0.25) is 0 Å². The normalized spacial score (nSPS) is 6.78. The highest BCUT2D eigenvalue weighted by molar-refractivity contribution is 5.82. The highest BCUT2D eigenvalue weighted by Gasteiger charge is 1.85. The SMILES string of the molecule is COC(=O)C=C=CC=O. The van der Waals surface area contributed by atoms with Crippen LogP contribution in [0.25, 0.3) is 0 Å². The van der Waals surface area contributed by atoms with Crippen LogP contribution >= 0.6 is 0 Å². The fraction of sp³-hybridized carbons (Fsp3) is 0.167. The van der Waals surface area contributed by atoms with Crippen molar-refractivity contribution >= 4 is 12.3 Å². The van der Waals surface area contributed by atoms with E-state index < -0.39 is 5.97 Å². The number of hydrogen-bond acceptors (Lipinski definition) is 3. The van der Waals surface area contributed by atoms with Gasteiger partial charge in [-0.25, -0.2) is 4.79 Å². The van der Waals surface area contributed by atoms with Gasteiger partial charge in [-0.05, 0) is 0 Å². The quantitative estimate of drug-likeness (QED) is 0.227. The second-order valence-electron chi connectivity index (χ2n) is 1.14. The van der Waals surface area contributed by atoms with Gasteiger partial charge in [0, 0.05) is 6.08 Å². The molecule has 0 aliphatic rings. The van der Waals surface area contributed by atoms with Gasteiger partial charge in [-0.15, -0.1) is 5.73 Å². The Morgan fingerprint density at radius 1 is 1.67 bits per heavy atom. The van der Waals surface area contributed by atoms with Gasteiger partial charge in [-0.2, -0.15) is 0 Å². The zero-order valence-electron chi connectivity index (χ0n) is 4.96. The van der Waals surface area contributed by atoms with E-state index >= 15 is 0 Å². The molecule has 48 valence electrons. The number of hydrogen-bond donors (Lipinski definition) is 0. The minimum absolute atomic E-state index is 0.520. The van der Waals surface area contributed by atoms with Crippen LogP contribution in [-0.4, -0.2) is 19.4 Å². The first-order valence-electron chi connectivity index (χ1n) is 2.25. The summed E-state index contributed by atoms with van der Waals surface area (Å²) < 4.78 is 4.20. The van der Waals surface area contributed by atoms with Crippen molar-refractivity contribution in [2.45, 2.75) is 0 Å². The summed E-state index contributed by atoms with van der Waals surface area (Å²) in [5, 5.41) is 0. The molecule has 0 saturated carbocycles. The molecule has 0 aliphatic heterocycles. The Bertz CT molecular complexity index is 163. The van der Waals surface area contributed by atoms with Gasteiger partial charge in [0.15, 0.2) is 6.29 Å². The van der Waals surface area contributed by atoms with Crippen LogP contribution in [-0.2, 0) is 14.3 Å². The van der Waals surface area contributed by atoms with Crippen molar-refractivity contribution in [1.82, 2.24) is 0 Å². The van der Waals surface area contributed by atoms with Crippen LogP contribution in [0.4, 0.5) is 0 Å². The molecule has 0 atom stereocenters. The molecule has 0 rings (SSSR count). The Kier molecular flexibility index (Phi) is 4.09. The summed E-state index contributed by atoms with van der Waals surface area (Å²) in [6, 6.07) is 0. The Hall–Kier alpha value is -1.34. The molecular weight excluding hydrogens is 120 g/mol. The maximum atomic E-state index is 10.2. The predicted molar refractivity (Wildman–Crippen MR) is 30.7 cm³/mol. The number of aldehydes is 1. The molecule has 0 spiro atoms. The third-order valence-corrected chi connectivity index (χ3v) is 0.567. The number of carbonyl (C=O) groups is 2. The van der Waals surface area contributed by atoms with Crippen molar-refractivity contribution in [2.24, 2.45) is 0 Å². The fourth-order valence-corrected chi connectivity index (χ4v) is 0.214. The topological polar surface area (TPSA) is 43.4 Å². The highest BCUT2D eigenvalue weighted by atomic mass is 16.5. The van der Waals surface area contributed by atoms with Gasteiger partial charge in [0.1, 0.15) is 0 Å². The molecule has 0 heterocycles. The standard InChI is InChI=1S/C6H6O3/c1-9-6(8)4-2-3-5-7/h3-5H,1H3. The summed E-state index contributed by atoms with van der Waals surface area (Å²) in [6.07, 6.45) is 2.64. The summed E-state index contributed by atoms with van der Waals surface area (Å²) in [6.45, 7) is 0. The van der Waals surface area contributed by atoms with Gasteiger partial charge in [-0.3, -0.25) is 4.79 Å². The highest BCUT2D eigenvalue weighted by Crippen LogP contribution is 1.72. The van der Waals surface area contributed by atoms with Crippen LogP contribution < -0.4 is 0 Å². The zero-order valence-corrected chi connectivity index (χ0v) is 4.96. The molecule has 0 fully saturated rings. The molecule has 3 nitrogen and oxygen atoms in total. The van der Waals surface area contributed by atoms with Crippen LogP contribution in [0.15, 0.2) is 17.9 Å². The summed E-state index contributed by atoms with van der Waals surface area (Å²) >= 11 is 0. The van der Waals surface area contributed by atoms with Crippen LogP contribution in [0.2, 0.25) is 0 Å². The average molecular weight is 126 g/mol. The number of methoxy groups -OCH3 is 1. The van der Waals surface area contributed by atoms with Crippen molar-refractivity contribution < 1.29 is 14.3 Å². The fourth-order valence-electron chi connectivity index (χ4n) is 0.214. The van der Waals surface area contributed by atoms with E-state index in [0.29, 0.717) is 6.29 Å². The Balaban J connectivity index is 3.83. The summed E-state index contributed by atoms with van der Waals surface area (Å²) in [4.78, 5) is 19.8. The lowest BCUT2D eigenvalue weighted by molar-refractivity contribution is -0.134. The molecule has 0 saturated heterocycles. The van der Waals surface area contributed by atoms with Crippen LogP contribution in [0, 0.1) is 0 Å². The lowest BCUT2D eigenvalue weighted by atomic mass is 10.5. The average Bonchev–Trinajstić information content (AvgIpc) is 1.89. The van der Waals surface area contributed by atoms with E-state index in [1.165, 1.54) is 7.11 Å². The maximum Gasteiger partial charge on any atom is 0.338 e. The van der Waals surface area contributed by atoms with E-state index in [-0.39, 0.29) is 0 Å². The first-order chi connectivity index (χ1) is 4.31. The van der Waals surface area contributed by atoms with Crippen molar-refractivity contribution in [3.05, 3.63) is 17.9 Å². The molecule has 9 heavy (non-hydrogen) atoms. The molecule has 0 bridgehead atoms. The maximum absolute atomic E-state index is 10.2. The van der Waals surface area contributed by atoms with E-state index in [1.54, 1.807) is 0 Å². The van der Waals surface area contributed by atoms with E-state index in [1.807, 2.05) is 0 Å². The monoisotopic (exact) mass is 126 g/mol. The van der Waals surface area contributed by atoms with E-state index in [9.17, 15) is 9.59 Å². The van der Waals surface area contributed by atoms with Crippen LogP contribution in [0.5, 0.6) is 0 Å². The molecule has 0 aliphatic carbocycles. The smallest absolute Gasteiger partial charge is 0.338 e. The minimum Gasteiger partial charge on any atom is -0.465 e. The van der Waals surface area contributed by atoms with Crippen LogP contribution in [0.3, 0.4) is 0 Å². The second-order valence-corrected chi connectivity index (χ2v) is 1.14. The Morgan fingerprint density at radius 3 is 2.78 bits per heavy atom. The zero-order chi connectivity index (χ0) is 7.11. The summed E-state index contributed by atoms with van der Waals surface area (Å²) in [5.41, 5.74) is 2.29. The van der Waals surface area contributed by atoms with Crippen LogP contribution in [0.1, 0.15) is 0 Å². The Morgan fingerprint density at radius 2 is 2.33 bits per heavy atom. The molecule has 0 aromatic carbocycles. The summed E-state index contributed by atoms with van der Waals surface area (Å²) in [5.74, 6) is -0.520. The van der Waals surface area contributed by atoms with E-state index in [2.05, 4.69) is 10.5 Å². The van der Waals surface area contributed by atoms with Gasteiger partial charge in [-0.1, -0.05) is 0 Å². The number of carbonyl (C=O) groups excluding carboxylic acids is 2. The minimum atomic E-state index is -0.520. The first-order valence-corrected chi connectivity index (χ1v) is 2.25. The lowest BCUT2D eigenvalue weighted by Gasteiger charge is -1.83. The van der Waals surface area contributed by atoms with Gasteiger partial charge >= 0.3 is 5.97 Å². The first kappa shape index (κ1) is 7.66. The number of esters is 1. The van der Waals surface area contributed by atoms with E-state index in [0.717, 1.165) is 12.2 Å². The Labute approximate surface area is 52.6 Å².